The lowest BCUT2D eigenvalue weighted by Crippen LogP contribution is -2.21. The Morgan fingerprint density at radius 3 is 3.15 bits per heavy atom. The number of likely N-dealkylation sites (N-methyl/N-ethyl adjacent to an activating group) is 1. The fourth-order valence-electron chi connectivity index (χ4n) is 2.97. The van der Waals surface area contributed by atoms with Crippen LogP contribution < -0.4 is 5.32 Å². The average molecular weight is 287 g/mol. The molecule has 4 heteroatoms. The van der Waals surface area contributed by atoms with E-state index in [9.17, 15) is 0 Å². The van der Waals surface area contributed by atoms with Crippen molar-refractivity contribution in [2.45, 2.75) is 38.5 Å². The van der Waals surface area contributed by atoms with Crippen LogP contribution in [0.1, 0.15) is 41.8 Å². The topological polar surface area (TPSA) is 37.8 Å². The number of nitrogens with zero attached hydrogens (tertiary/aromatic N) is 2. The minimum atomic E-state index is 0.572. The van der Waals surface area contributed by atoms with Gasteiger partial charge in [-0.1, -0.05) is 13.0 Å². The van der Waals surface area contributed by atoms with Gasteiger partial charge in [-0.05, 0) is 44.4 Å². The second-order valence-electron chi connectivity index (χ2n) is 5.34. The van der Waals surface area contributed by atoms with Gasteiger partial charge in [-0.3, -0.25) is 4.98 Å². The van der Waals surface area contributed by atoms with Crippen LogP contribution in [0.25, 0.3) is 10.7 Å². The zero-order chi connectivity index (χ0) is 13.9. The Morgan fingerprint density at radius 2 is 2.35 bits per heavy atom. The number of aryl methyl sites for hydroxylation is 2. The molecule has 1 unspecified atom stereocenters. The van der Waals surface area contributed by atoms with E-state index in [4.69, 9.17) is 4.98 Å². The van der Waals surface area contributed by atoms with E-state index in [-0.39, 0.29) is 0 Å². The van der Waals surface area contributed by atoms with Crippen LogP contribution in [0.3, 0.4) is 0 Å². The predicted octanol–water partition coefficient (Wildman–Crippen LogP) is 3.41. The fourth-order valence-corrected chi connectivity index (χ4v) is 4.19. The first-order valence-electron chi connectivity index (χ1n) is 7.42. The molecule has 3 rings (SSSR count). The highest BCUT2D eigenvalue weighted by atomic mass is 32.1. The molecule has 0 saturated heterocycles. The summed E-state index contributed by atoms with van der Waals surface area (Å²) in [5.41, 5.74) is 3.69. The van der Waals surface area contributed by atoms with Crippen molar-refractivity contribution in [2.75, 3.05) is 13.6 Å². The molecule has 3 nitrogen and oxygen atoms in total. The molecule has 1 atom stereocenters. The molecule has 0 fully saturated rings. The first kappa shape index (κ1) is 13.7. The van der Waals surface area contributed by atoms with Gasteiger partial charge in [0.05, 0.1) is 5.69 Å². The zero-order valence-corrected chi connectivity index (χ0v) is 13.0. The first-order chi connectivity index (χ1) is 9.83. The van der Waals surface area contributed by atoms with Crippen LogP contribution in [0, 0.1) is 0 Å². The van der Waals surface area contributed by atoms with Gasteiger partial charge in [0, 0.05) is 23.5 Å². The Balaban J connectivity index is 2.00. The molecule has 0 radical (unpaired) electrons. The fraction of sp³-hybridized carbons (Fsp3) is 0.500. The molecule has 0 amide bonds. The van der Waals surface area contributed by atoms with Gasteiger partial charge >= 0.3 is 0 Å². The summed E-state index contributed by atoms with van der Waals surface area (Å²) in [6.07, 6.45) is 6.60. The molecule has 1 N–H and O–H groups in total. The Labute approximate surface area is 124 Å². The Bertz CT molecular complexity index is 591. The van der Waals surface area contributed by atoms with E-state index >= 15 is 0 Å². The number of thiazole rings is 1. The highest BCUT2D eigenvalue weighted by Gasteiger charge is 2.25. The Hall–Kier alpha value is -1.26. The van der Waals surface area contributed by atoms with E-state index < -0.39 is 0 Å². The van der Waals surface area contributed by atoms with Crippen molar-refractivity contribution < 1.29 is 0 Å². The summed E-state index contributed by atoms with van der Waals surface area (Å²) < 4.78 is 0. The van der Waals surface area contributed by atoms with Crippen LogP contribution in [0.15, 0.2) is 18.3 Å². The maximum atomic E-state index is 4.95. The molecule has 1 aliphatic carbocycles. The van der Waals surface area contributed by atoms with Crippen molar-refractivity contribution in [1.29, 1.82) is 0 Å². The summed E-state index contributed by atoms with van der Waals surface area (Å²) in [5, 5.41) is 4.41. The quantitative estimate of drug-likeness (QED) is 0.936. The molecule has 0 saturated carbocycles. The van der Waals surface area contributed by atoms with Gasteiger partial charge in [-0.15, -0.1) is 11.3 Å². The summed E-state index contributed by atoms with van der Waals surface area (Å²) in [6, 6.07) is 4.17. The van der Waals surface area contributed by atoms with Crippen molar-refractivity contribution in [3.63, 3.8) is 0 Å². The number of hydrogen-bond donors (Lipinski definition) is 1. The standard InChI is InChI=1S/C16H21N3S/c1-3-11-7-5-9-18-15(11)16-19-14-12(10-17-2)6-4-8-13(14)20-16/h5,7,9,12,17H,3-4,6,8,10H2,1-2H3. The van der Waals surface area contributed by atoms with Crippen molar-refractivity contribution >= 4 is 11.3 Å². The zero-order valence-electron chi connectivity index (χ0n) is 12.1. The van der Waals surface area contributed by atoms with E-state index in [0.717, 1.165) is 23.7 Å². The van der Waals surface area contributed by atoms with Crippen molar-refractivity contribution in [3.05, 3.63) is 34.5 Å². The highest BCUT2D eigenvalue weighted by Crippen LogP contribution is 2.38. The number of rotatable bonds is 4. The van der Waals surface area contributed by atoms with Crippen LogP contribution in [0.2, 0.25) is 0 Å². The Morgan fingerprint density at radius 1 is 1.45 bits per heavy atom. The number of aromatic nitrogens is 2. The van der Waals surface area contributed by atoms with Gasteiger partial charge in [0.2, 0.25) is 0 Å². The van der Waals surface area contributed by atoms with Gasteiger partial charge in [-0.2, -0.15) is 0 Å². The van der Waals surface area contributed by atoms with E-state index in [1.807, 2.05) is 30.6 Å². The largest absolute Gasteiger partial charge is 0.319 e. The van der Waals surface area contributed by atoms with Crippen LogP contribution in [0.5, 0.6) is 0 Å². The monoisotopic (exact) mass is 287 g/mol. The Kier molecular flexibility index (Phi) is 4.13. The first-order valence-corrected chi connectivity index (χ1v) is 8.23. The maximum Gasteiger partial charge on any atom is 0.142 e. The van der Waals surface area contributed by atoms with Crippen molar-refractivity contribution in [3.8, 4) is 10.7 Å². The SMILES string of the molecule is CCc1cccnc1-c1nc2c(s1)CCCC2CNC. The predicted molar refractivity (Wildman–Crippen MR) is 84.3 cm³/mol. The summed E-state index contributed by atoms with van der Waals surface area (Å²) >= 11 is 1.85. The summed E-state index contributed by atoms with van der Waals surface area (Å²) in [5.74, 6) is 0.572. The summed E-state index contributed by atoms with van der Waals surface area (Å²) in [6.45, 7) is 3.21. The lowest BCUT2D eigenvalue weighted by Gasteiger charge is -2.20. The number of pyridine rings is 1. The van der Waals surface area contributed by atoms with Gasteiger partial charge in [0.15, 0.2) is 0 Å². The minimum absolute atomic E-state index is 0.572. The lowest BCUT2D eigenvalue weighted by atomic mass is 9.91. The lowest BCUT2D eigenvalue weighted by molar-refractivity contribution is 0.523. The van der Waals surface area contributed by atoms with E-state index in [0.29, 0.717) is 5.92 Å². The molecular weight excluding hydrogens is 266 g/mol. The van der Waals surface area contributed by atoms with Gasteiger partial charge in [0.25, 0.3) is 0 Å². The van der Waals surface area contributed by atoms with Crippen molar-refractivity contribution in [2.24, 2.45) is 0 Å². The van der Waals surface area contributed by atoms with Crippen LogP contribution in [-0.2, 0) is 12.8 Å². The minimum Gasteiger partial charge on any atom is -0.319 e. The molecule has 106 valence electrons. The molecular formula is C16H21N3S. The van der Waals surface area contributed by atoms with Crippen LogP contribution >= 0.6 is 11.3 Å². The van der Waals surface area contributed by atoms with Crippen LogP contribution in [0.4, 0.5) is 0 Å². The molecule has 0 spiro atoms. The second-order valence-corrected chi connectivity index (χ2v) is 6.42. The average Bonchev–Trinajstić information content (AvgIpc) is 2.92. The third kappa shape index (κ3) is 2.50. The maximum absolute atomic E-state index is 4.95. The molecule has 0 aromatic carbocycles. The smallest absolute Gasteiger partial charge is 0.142 e. The third-order valence-electron chi connectivity index (χ3n) is 4.00. The molecule has 1 aliphatic rings. The van der Waals surface area contributed by atoms with Crippen LogP contribution in [-0.4, -0.2) is 23.6 Å². The normalized spacial score (nSPS) is 18.0. The van der Waals surface area contributed by atoms with Gasteiger partial charge in [-0.25, -0.2) is 4.98 Å². The molecule has 2 heterocycles. The molecule has 2 aromatic heterocycles. The van der Waals surface area contributed by atoms with Gasteiger partial charge < -0.3 is 5.32 Å². The molecule has 2 aromatic rings. The van der Waals surface area contributed by atoms with E-state index in [1.54, 1.807) is 0 Å². The number of fused-ring (bicyclic) bond motifs is 1. The molecule has 0 aliphatic heterocycles. The van der Waals surface area contributed by atoms with Gasteiger partial charge in [0.1, 0.15) is 10.7 Å². The van der Waals surface area contributed by atoms with E-state index in [2.05, 4.69) is 23.3 Å². The molecule has 0 bridgehead atoms. The summed E-state index contributed by atoms with van der Waals surface area (Å²) in [7, 11) is 2.02. The number of hydrogen-bond acceptors (Lipinski definition) is 4. The molecule has 20 heavy (non-hydrogen) atoms. The van der Waals surface area contributed by atoms with Crippen molar-refractivity contribution in [1.82, 2.24) is 15.3 Å². The summed E-state index contributed by atoms with van der Waals surface area (Å²) in [4.78, 5) is 11.0. The second kappa shape index (κ2) is 6.02. The van der Waals surface area contributed by atoms with E-state index in [1.165, 1.54) is 35.4 Å². The number of nitrogens with one attached hydrogen (secondary N) is 1. The highest BCUT2D eigenvalue weighted by molar-refractivity contribution is 7.15. The third-order valence-corrected chi connectivity index (χ3v) is 5.13.